The second-order valence-corrected chi connectivity index (χ2v) is 6.35. The van der Waals surface area contributed by atoms with E-state index >= 15 is 0 Å². The highest BCUT2D eigenvalue weighted by molar-refractivity contribution is 9.10. The van der Waals surface area contributed by atoms with Crippen molar-refractivity contribution in [2.45, 2.75) is 0 Å². The zero-order valence-electron chi connectivity index (χ0n) is 12.8. The number of fused-ring (bicyclic) bond motifs is 1. The molecule has 0 aliphatic carbocycles. The van der Waals surface area contributed by atoms with E-state index in [1.54, 1.807) is 0 Å². The number of H-pyrrole nitrogens is 1. The number of nitrogens with one attached hydrogen (secondary N) is 1. The third-order valence-corrected chi connectivity index (χ3v) is 4.30. The summed E-state index contributed by atoms with van der Waals surface area (Å²) in [5, 5.41) is 0. The van der Waals surface area contributed by atoms with Crippen molar-refractivity contribution in [2.75, 3.05) is 0 Å². The van der Waals surface area contributed by atoms with Gasteiger partial charge in [0.15, 0.2) is 0 Å². The van der Waals surface area contributed by atoms with Crippen molar-refractivity contribution in [1.82, 2.24) is 9.97 Å². The van der Waals surface area contributed by atoms with E-state index in [0.717, 1.165) is 38.1 Å². The number of aliphatic imine (C=N–C) groups is 1. The van der Waals surface area contributed by atoms with Crippen LogP contribution in [0.1, 0.15) is 5.56 Å². The first kappa shape index (κ1) is 14.8. The zero-order chi connectivity index (χ0) is 16.4. The third kappa shape index (κ3) is 3.01. The largest absolute Gasteiger partial charge is 0.338 e. The normalized spacial score (nSPS) is 11.4. The Balaban J connectivity index is 1.73. The fourth-order valence-electron chi connectivity index (χ4n) is 2.56. The van der Waals surface area contributed by atoms with Crippen molar-refractivity contribution in [3.8, 4) is 11.4 Å². The van der Waals surface area contributed by atoms with E-state index in [9.17, 15) is 0 Å². The molecule has 4 heteroatoms. The lowest BCUT2D eigenvalue weighted by atomic mass is 10.1. The molecule has 0 bridgehead atoms. The predicted octanol–water partition coefficient (Wildman–Crippen LogP) is 5.74. The van der Waals surface area contributed by atoms with Gasteiger partial charge in [-0.25, -0.2) is 4.98 Å². The van der Waals surface area contributed by atoms with E-state index in [2.05, 4.69) is 30.9 Å². The Kier molecular flexibility index (Phi) is 3.97. The Hall–Kier alpha value is -2.72. The number of hydrogen-bond donors (Lipinski definition) is 1. The second-order valence-electron chi connectivity index (χ2n) is 5.43. The van der Waals surface area contributed by atoms with Crippen molar-refractivity contribution >= 4 is 38.9 Å². The molecule has 1 aromatic heterocycles. The molecule has 0 radical (unpaired) electrons. The number of para-hydroxylation sites is 3. The number of imidazole rings is 1. The molecule has 0 unspecified atom stereocenters. The minimum Gasteiger partial charge on any atom is -0.338 e. The van der Waals surface area contributed by atoms with Crippen LogP contribution in [0.15, 0.2) is 82.3 Å². The Bertz CT molecular complexity index is 983. The van der Waals surface area contributed by atoms with Crippen LogP contribution in [0, 0.1) is 0 Å². The van der Waals surface area contributed by atoms with Gasteiger partial charge in [0.25, 0.3) is 0 Å². The quantitative estimate of drug-likeness (QED) is 0.455. The smallest absolute Gasteiger partial charge is 0.140 e. The summed E-state index contributed by atoms with van der Waals surface area (Å²) in [6.07, 6.45) is 1.87. The molecule has 0 aliphatic heterocycles. The summed E-state index contributed by atoms with van der Waals surface area (Å²) >= 11 is 3.44. The second kappa shape index (κ2) is 6.42. The van der Waals surface area contributed by atoms with Gasteiger partial charge in [-0.3, -0.25) is 4.99 Å². The van der Waals surface area contributed by atoms with Crippen LogP contribution in [0.25, 0.3) is 22.4 Å². The van der Waals surface area contributed by atoms with Crippen molar-refractivity contribution in [3.05, 3.63) is 82.8 Å². The van der Waals surface area contributed by atoms with Crippen molar-refractivity contribution in [3.63, 3.8) is 0 Å². The van der Waals surface area contributed by atoms with E-state index in [1.165, 1.54) is 0 Å². The summed E-state index contributed by atoms with van der Waals surface area (Å²) < 4.78 is 1.06. The molecule has 4 rings (SSSR count). The fourth-order valence-corrected chi connectivity index (χ4v) is 2.82. The van der Waals surface area contributed by atoms with Crippen LogP contribution < -0.4 is 0 Å². The van der Waals surface area contributed by atoms with Gasteiger partial charge < -0.3 is 4.98 Å². The molecule has 0 amide bonds. The van der Waals surface area contributed by atoms with Crippen LogP contribution in [0.3, 0.4) is 0 Å². The lowest BCUT2D eigenvalue weighted by molar-refractivity contribution is 1.33. The first-order chi connectivity index (χ1) is 11.8. The highest BCUT2D eigenvalue weighted by Crippen LogP contribution is 2.29. The Morgan fingerprint density at radius 3 is 2.46 bits per heavy atom. The minimum atomic E-state index is 0.833. The summed E-state index contributed by atoms with van der Waals surface area (Å²) in [5.74, 6) is 0.833. The van der Waals surface area contributed by atoms with E-state index in [-0.39, 0.29) is 0 Å². The van der Waals surface area contributed by atoms with Crippen LogP contribution in [0.2, 0.25) is 0 Å². The lowest BCUT2D eigenvalue weighted by Crippen LogP contribution is -1.83. The highest BCUT2D eigenvalue weighted by atomic mass is 79.9. The zero-order valence-corrected chi connectivity index (χ0v) is 14.4. The molecule has 24 heavy (non-hydrogen) atoms. The summed E-state index contributed by atoms with van der Waals surface area (Å²) in [5.41, 5.74) is 4.91. The Labute approximate surface area is 148 Å². The molecule has 3 nitrogen and oxygen atoms in total. The topological polar surface area (TPSA) is 41.0 Å². The molecule has 0 saturated heterocycles. The van der Waals surface area contributed by atoms with Crippen molar-refractivity contribution in [2.24, 2.45) is 4.99 Å². The van der Waals surface area contributed by atoms with Crippen LogP contribution in [-0.4, -0.2) is 16.2 Å². The van der Waals surface area contributed by atoms with Gasteiger partial charge in [-0.15, -0.1) is 0 Å². The van der Waals surface area contributed by atoms with E-state index < -0.39 is 0 Å². The van der Waals surface area contributed by atoms with Gasteiger partial charge in [0.05, 0.1) is 16.7 Å². The number of rotatable bonds is 3. The molecule has 1 heterocycles. The summed E-state index contributed by atoms with van der Waals surface area (Å²) in [7, 11) is 0. The number of halogens is 1. The van der Waals surface area contributed by atoms with Crippen LogP contribution in [0.4, 0.5) is 5.69 Å². The number of aromatic nitrogens is 2. The number of aromatic amines is 1. The summed E-state index contributed by atoms with van der Waals surface area (Å²) in [4.78, 5) is 12.7. The van der Waals surface area contributed by atoms with Gasteiger partial charge in [-0.2, -0.15) is 0 Å². The standard InChI is InChI=1S/C20H14BrN3/c21-15-11-9-14(10-12-15)13-22-17-6-2-1-5-16(17)20-23-18-7-3-4-8-19(18)24-20/h1-13H,(H,23,24). The van der Waals surface area contributed by atoms with E-state index in [4.69, 9.17) is 0 Å². The molecule has 0 spiro atoms. The number of hydrogen-bond acceptors (Lipinski definition) is 2. The first-order valence-electron chi connectivity index (χ1n) is 7.63. The Morgan fingerprint density at radius 1 is 0.875 bits per heavy atom. The van der Waals surface area contributed by atoms with Gasteiger partial charge in [0.2, 0.25) is 0 Å². The maximum absolute atomic E-state index is 4.67. The van der Waals surface area contributed by atoms with Crippen LogP contribution >= 0.6 is 15.9 Å². The highest BCUT2D eigenvalue weighted by Gasteiger charge is 2.08. The average molecular weight is 376 g/mol. The maximum atomic E-state index is 4.67. The van der Waals surface area contributed by atoms with E-state index in [1.807, 2.05) is 79.0 Å². The molecule has 1 N–H and O–H groups in total. The lowest BCUT2D eigenvalue weighted by Gasteiger charge is -2.02. The van der Waals surface area contributed by atoms with Gasteiger partial charge in [0.1, 0.15) is 5.82 Å². The number of nitrogens with zero attached hydrogens (tertiary/aromatic N) is 2. The monoisotopic (exact) mass is 375 g/mol. The summed E-state index contributed by atoms with van der Waals surface area (Å²) in [6.45, 7) is 0. The summed E-state index contributed by atoms with van der Waals surface area (Å²) in [6, 6.07) is 24.1. The van der Waals surface area contributed by atoms with Crippen LogP contribution in [0.5, 0.6) is 0 Å². The average Bonchev–Trinajstić information content (AvgIpc) is 3.05. The molecule has 0 aliphatic rings. The third-order valence-electron chi connectivity index (χ3n) is 3.77. The van der Waals surface area contributed by atoms with Gasteiger partial charge >= 0.3 is 0 Å². The van der Waals surface area contributed by atoms with Crippen LogP contribution in [-0.2, 0) is 0 Å². The maximum Gasteiger partial charge on any atom is 0.140 e. The van der Waals surface area contributed by atoms with Gasteiger partial charge in [-0.1, -0.05) is 52.3 Å². The molecule has 0 atom stereocenters. The van der Waals surface area contributed by atoms with Gasteiger partial charge in [0, 0.05) is 16.3 Å². The van der Waals surface area contributed by atoms with E-state index in [0.29, 0.717) is 0 Å². The number of benzene rings is 3. The molecule has 116 valence electrons. The van der Waals surface area contributed by atoms with Gasteiger partial charge in [-0.05, 0) is 42.0 Å². The molecular formula is C20H14BrN3. The molecule has 3 aromatic carbocycles. The SMILES string of the molecule is Brc1ccc(C=Nc2ccccc2-c2nc3ccccc3[nH]2)cc1. The predicted molar refractivity (Wildman–Crippen MR) is 103 cm³/mol. The minimum absolute atomic E-state index is 0.833. The molecule has 4 aromatic rings. The van der Waals surface area contributed by atoms with Crippen molar-refractivity contribution < 1.29 is 0 Å². The molecule has 0 saturated carbocycles. The molecule has 0 fully saturated rings. The Morgan fingerprint density at radius 2 is 1.62 bits per heavy atom. The van der Waals surface area contributed by atoms with Crippen molar-refractivity contribution in [1.29, 1.82) is 0 Å². The first-order valence-corrected chi connectivity index (χ1v) is 8.43. The molecular weight excluding hydrogens is 362 g/mol. The fraction of sp³-hybridized carbons (Fsp3) is 0.